The molecule has 0 aliphatic carbocycles. The van der Waals surface area contributed by atoms with Gasteiger partial charge in [0.25, 0.3) is 5.91 Å². The molecule has 0 saturated carbocycles. The number of hydrogen-bond acceptors (Lipinski definition) is 7. The molecule has 174 valence electrons. The van der Waals surface area contributed by atoms with Gasteiger partial charge in [0.1, 0.15) is 28.9 Å². The van der Waals surface area contributed by atoms with E-state index in [2.05, 4.69) is 5.16 Å². The van der Waals surface area contributed by atoms with Gasteiger partial charge in [-0.15, -0.1) is 0 Å². The lowest BCUT2D eigenvalue weighted by atomic mass is 9.96. The number of aryl methyl sites for hydroxylation is 1. The summed E-state index contributed by atoms with van der Waals surface area (Å²) in [5.41, 5.74) is 0.852. The van der Waals surface area contributed by atoms with Crippen molar-refractivity contribution in [2.75, 3.05) is 19.1 Å². The number of aromatic nitrogens is 1. The van der Waals surface area contributed by atoms with Gasteiger partial charge >= 0.3 is 0 Å². The molecule has 1 amide bonds. The maximum Gasteiger partial charge on any atom is 0.296 e. The van der Waals surface area contributed by atoms with E-state index in [-0.39, 0.29) is 22.6 Å². The lowest BCUT2D eigenvalue weighted by Gasteiger charge is -2.24. The van der Waals surface area contributed by atoms with Crippen molar-refractivity contribution in [3.63, 3.8) is 0 Å². The fourth-order valence-electron chi connectivity index (χ4n) is 4.75. The van der Waals surface area contributed by atoms with E-state index in [1.807, 2.05) is 30.3 Å². The van der Waals surface area contributed by atoms with Gasteiger partial charge in [0.2, 0.25) is 5.76 Å². The minimum Gasteiger partial charge on any atom is -0.497 e. The maximum absolute atomic E-state index is 14.0. The number of carbonyl (C=O) groups excluding carboxylic acids is 1. The van der Waals surface area contributed by atoms with Crippen LogP contribution in [0.4, 0.5) is 5.82 Å². The summed E-state index contributed by atoms with van der Waals surface area (Å²) < 4.78 is 22.5. The molecule has 0 spiro atoms. The van der Waals surface area contributed by atoms with Crippen molar-refractivity contribution in [1.29, 1.82) is 0 Å². The van der Waals surface area contributed by atoms with E-state index in [0.29, 0.717) is 33.8 Å². The molecule has 1 unspecified atom stereocenters. The van der Waals surface area contributed by atoms with Gasteiger partial charge in [-0.2, -0.15) is 0 Å². The normalized spacial score (nSPS) is 15.1. The fraction of sp³-hybridized carbons (Fsp3) is 0.148. The first kappa shape index (κ1) is 21.0. The topological polar surface area (TPSA) is 95.0 Å². The molecular formula is C27H20N2O6. The molecular weight excluding hydrogens is 448 g/mol. The molecule has 0 N–H and O–H groups in total. The smallest absolute Gasteiger partial charge is 0.296 e. The first-order valence-electron chi connectivity index (χ1n) is 11.0. The molecule has 5 aromatic rings. The quantitative estimate of drug-likeness (QED) is 0.342. The van der Waals surface area contributed by atoms with E-state index in [1.54, 1.807) is 44.4 Å². The number of ether oxygens (including phenoxy) is 2. The monoisotopic (exact) mass is 468 g/mol. The van der Waals surface area contributed by atoms with Crippen LogP contribution in [-0.4, -0.2) is 25.3 Å². The molecule has 8 heteroatoms. The molecule has 1 aliphatic rings. The standard InChI is InChI=1S/C27H20N2O6/c1-14-12-21(28-35-14)29-23(19-13-16(32-2)9-11-20(19)33-3)22-24(30)18-10-8-15-6-4-5-7-17(15)25(18)34-26(22)27(29)31/h4-13,23H,1-3H3. The SMILES string of the molecule is COc1ccc(OC)c(C2c3c(oc4c(ccc5ccccc54)c3=O)C(=O)N2c2cc(C)on2)c1. The number of anilines is 1. The molecule has 3 aromatic carbocycles. The van der Waals surface area contributed by atoms with Crippen molar-refractivity contribution in [2.24, 2.45) is 0 Å². The van der Waals surface area contributed by atoms with Crippen molar-refractivity contribution in [1.82, 2.24) is 5.16 Å². The molecule has 35 heavy (non-hydrogen) atoms. The van der Waals surface area contributed by atoms with Crippen LogP contribution in [0.1, 0.15) is 33.5 Å². The first-order valence-corrected chi connectivity index (χ1v) is 11.0. The fourth-order valence-corrected chi connectivity index (χ4v) is 4.75. The zero-order valence-electron chi connectivity index (χ0n) is 19.2. The largest absolute Gasteiger partial charge is 0.497 e. The van der Waals surface area contributed by atoms with E-state index in [4.69, 9.17) is 18.4 Å². The molecule has 1 aliphatic heterocycles. The Morgan fingerprint density at radius 3 is 2.51 bits per heavy atom. The van der Waals surface area contributed by atoms with Gasteiger partial charge in [0, 0.05) is 17.0 Å². The van der Waals surface area contributed by atoms with Crippen LogP contribution in [0.5, 0.6) is 11.5 Å². The Balaban J connectivity index is 1.71. The Morgan fingerprint density at radius 2 is 1.77 bits per heavy atom. The molecule has 3 heterocycles. The van der Waals surface area contributed by atoms with Crippen LogP contribution in [0.3, 0.4) is 0 Å². The Bertz CT molecular complexity index is 1700. The van der Waals surface area contributed by atoms with Crippen LogP contribution in [0.2, 0.25) is 0 Å². The highest BCUT2D eigenvalue weighted by Crippen LogP contribution is 2.45. The minimum absolute atomic E-state index is 0.0330. The van der Waals surface area contributed by atoms with Gasteiger partial charge < -0.3 is 18.4 Å². The Kier molecular flexibility index (Phi) is 4.63. The van der Waals surface area contributed by atoms with E-state index < -0.39 is 11.9 Å². The van der Waals surface area contributed by atoms with Gasteiger partial charge in [-0.1, -0.05) is 35.5 Å². The van der Waals surface area contributed by atoms with Crippen molar-refractivity contribution in [2.45, 2.75) is 13.0 Å². The molecule has 0 radical (unpaired) electrons. The average Bonchev–Trinajstić information content (AvgIpc) is 3.44. The van der Waals surface area contributed by atoms with Crippen molar-refractivity contribution < 1.29 is 23.2 Å². The highest BCUT2D eigenvalue weighted by molar-refractivity contribution is 6.12. The number of benzene rings is 3. The van der Waals surface area contributed by atoms with E-state index in [0.717, 1.165) is 10.8 Å². The first-order chi connectivity index (χ1) is 17.0. The van der Waals surface area contributed by atoms with Crippen molar-refractivity contribution >= 4 is 33.5 Å². The van der Waals surface area contributed by atoms with E-state index in [1.165, 1.54) is 12.0 Å². The molecule has 2 aromatic heterocycles. The summed E-state index contributed by atoms with van der Waals surface area (Å²) in [5.74, 6) is 1.30. The van der Waals surface area contributed by atoms with Gasteiger partial charge in [-0.05, 0) is 36.6 Å². The molecule has 0 fully saturated rings. The number of rotatable bonds is 4. The second-order valence-corrected chi connectivity index (χ2v) is 8.32. The van der Waals surface area contributed by atoms with Crippen molar-refractivity contribution in [3.8, 4) is 11.5 Å². The molecule has 0 bridgehead atoms. The van der Waals surface area contributed by atoms with Crippen molar-refractivity contribution in [3.05, 3.63) is 93.5 Å². The molecule has 6 rings (SSSR count). The Morgan fingerprint density at radius 1 is 0.943 bits per heavy atom. The number of methoxy groups -OCH3 is 2. The lowest BCUT2D eigenvalue weighted by molar-refractivity contribution is 0.0969. The second kappa shape index (κ2) is 7.73. The third-order valence-corrected chi connectivity index (χ3v) is 6.36. The Hall–Kier alpha value is -4.59. The zero-order valence-corrected chi connectivity index (χ0v) is 19.2. The highest BCUT2D eigenvalue weighted by atomic mass is 16.5. The van der Waals surface area contributed by atoms with Crippen LogP contribution in [-0.2, 0) is 0 Å². The van der Waals surface area contributed by atoms with Gasteiger partial charge in [-0.3, -0.25) is 14.5 Å². The molecule has 1 atom stereocenters. The summed E-state index contributed by atoms with van der Waals surface area (Å²) in [6, 6.07) is 17.2. The zero-order chi connectivity index (χ0) is 24.3. The average molecular weight is 468 g/mol. The number of fused-ring (bicyclic) bond motifs is 4. The predicted octanol–water partition coefficient (Wildman–Crippen LogP) is 5.01. The lowest BCUT2D eigenvalue weighted by Crippen LogP contribution is -2.30. The summed E-state index contributed by atoms with van der Waals surface area (Å²) in [4.78, 5) is 29.2. The van der Waals surface area contributed by atoms with E-state index >= 15 is 0 Å². The summed E-state index contributed by atoms with van der Waals surface area (Å²) in [6.45, 7) is 1.73. The summed E-state index contributed by atoms with van der Waals surface area (Å²) in [6.07, 6.45) is 0. The molecule has 0 saturated heterocycles. The second-order valence-electron chi connectivity index (χ2n) is 8.32. The van der Waals surface area contributed by atoms with Gasteiger partial charge in [-0.25, -0.2) is 0 Å². The van der Waals surface area contributed by atoms with Gasteiger partial charge in [0.05, 0.1) is 25.2 Å². The Labute approximate surface area is 199 Å². The number of carbonyl (C=O) groups is 1. The van der Waals surface area contributed by atoms with Crippen LogP contribution >= 0.6 is 0 Å². The van der Waals surface area contributed by atoms with Crippen LogP contribution in [0.15, 0.2) is 74.4 Å². The summed E-state index contributed by atoms with van der Waals surface area (Å²) >= 11 is 0. The number of amides is 1. The maximum atomic E-state index is 14.0. The van der Waals surface area contributed by atoms with Crippen LogP contribution < -0.4 is 19.8 Å². The van der Waals surface area contributed by atoms with Crippen LogP contribution in [0.25, 0.3) is 21.7 Å². The molecule has 8 nitrogen and oxygen atoms in total. The third kappa shape index (κ3) is 3.03. The number of nitrogens with zero attached hydrogens (tertiary/aromatic N) is 2. The highest BCUT2D eigenvalue weighted by Gasteiger charge is 2.46. The summed E-state index contributed by atoms with van der Waals surface area (Å²) in [5, 5.41) is 6.12. The van der Waals surface area contributed by atoms with E-state index in [9.17, 15) is 9.59 Å². The van der Waals surface area contributed by atoms with Crippen LogP contribution in [0, 0.1) is 6.92 Å². The van der Waals surface area contributed by atoms with Gasteiger partial charge in [0.15, 0.2) is 11.2 Å². The summed E-state index contributed by atoms with van der Waals surface area (Å²) in [7, 11) is 3.08. The third-order valence-electron chi connectivity index (χ3n) is 6.36. The minimum atomic E-state index is -0.862. The number of hydrogen-bond donors (Lipinski definition) is 0. The predicted molar refractivity (Wildman–Crippen MR) is 129 cm³/mol.